The molecule has 0 bridgehead atoms. The van der Waals surface area contributed by atoms with Crippen LogP contribution in [0.5, 0.6) is 0 Å². The zero-order valence-electron chi connectivity index (χ0n) is 12.3. The molecule has 0 saturated carbocycles. The molecule has 3 amide bonds. The molecule has 0 unspecified atom stereocenters. The Morgan fingerprint density at radius 2 is 1.71 bits per heavy atom. The van der Waals surface area contributed by atoms with Crippen LogP contribution in [0.25, 0.3) is 0 Å². The smallest absolute Gasteiger partial charge is 0.319 e. The fourth-order valence-electron chi connectivity index (χ4n) is 1.51. The summed E-state index contributed by atoms with van der Waals surface area (Å²) in [6, 6.07) is 5.94. The lowest BCUT2D eigenvalue weighted by molar-refractivity contribution is -0.118. The van der Waals surface area contributed by atoms with Gasteiger partial charge in [-0.05, 0) is 30.2 Å². The monoisotopic (exact) mass is 290 g/mol. The van der Waals surface area contributed by atoms with Crippen molar-refractivity contribution in [3.8, 4) is 0 Å². The summed E-state index contributed by atoms with van der Waals surface area (Å²) < 4.78 is 0. The molecule has 6 nitrogen and oxygen atoms in total. The van der Waals surface area contributed by atoms with E-state index in [1.54, 1.807) is 30.3 Å². The maximum atomic E-state index is 11.8. The SMILES string of the molecule is C=CCNC(=O)Nc1ccc(NC(=O)[C@@H](N)C(C)C)cc1. The molecule has 0 aliphatic rings. The first-order valence-corrected chi connectivity index (χ1v) is 6.76. The van der Waals surface area contributed by atoms with Crippen molar-refractivity contribution in [2.75, 3.05) is 17.2 Å². The molecular formula is C15H22N4O2. The summed E-state index contributed by atoms with van der Waals surface area (Å²) in [6.45, 7) is 7.68. The van der Waals surface area contributed by atoms with Crippen LogP contribution in [-0.2, 0) is 4.79 Å². The number of rotatable bonds is 6. The Morgan fingerprint density at radius 1 is 1.19 bits per heavy atom. The topological polar surface area (TPSA) is 96.2 Å². The van der Waals surface area contributed by atoms with Gasteiger partial charge in [0.1, 0.15) is 0 Å². The van der Waals surface area contributed by atoms with Gasteiger partial charge in [0.25, 0.3) is 0 Å². The molecule has 21 heavy (non-hydrogen) atoms. The lowest BCUT2D eigenvalue weighted by Crippen LogP contribution is -2.39. The Balaban J connectivity index is 2.56. The van der Waals surface area contributed by atoms with E-state index in [1.165, 1.54) is 0 Å². The number of carbonyl (C=O) groups excluding carboxylic acids is 2. The predicted octanol–water partition coefficient (Wildman–Crippen LogP) is 1.92. The minimum Gasteiger partial charge on any atom is -0.334 e. The number of hydrogen-bond acceptors (Lipinski definition) is 3. The van der Waals surface area contributed by atoms with Crippen LogP contribution in [0.2, 0.25) is 0 Å². The average Bonchev–Trinajstić information content (AvgIpc) is 2.46. The van der Waals surface area contributed by atoms with Crippen LogP contribution >= 0.6 is 0 Å². The van der Waals surface area contributed by atoms with Crippen molar-refractivity contribution >= 4 is 23.3 Å². The van der Waals surface area contributed by atoms with Crippen molar-refractivity contribution in [1.82, 2.24) is 5.32 Å². The van der Waals surface area contributed by atoms with Crippen molar-refractivity contribution in [2.24, 2.45) is 11.7 Å². The third-order valence-corrected chi connectivity index (χ3v) is 2.84. The van der Waals surface area contributed by atoms with Gasteiger partial charge in [-0.15, -0.1) is 6.58 Å². The van der Waals surface area contributed by atoms with Gasteiger partial charge in [-0.25, -0.2) is 4.79 Å². The summed E-state index contributed by atoms with van der Waals surface area (Å²) in [5.41, 5.74) is 7.02. The Kier molecular flexibility index (Phi) is 6.42. The second kappa shape index (κ2) is 8.06. The van der Waals surface area contributed by atoms with E-state index in [2.05, 4.69) is 22.5 Å². The van der Waals surface area contributed by atoms with Gasteiger partial charge in [0, 0.05) is 17.9 Å². The van der Waals surface area contributed by atoms with Crippen LogP contribution in [0.1, 0.15) is 13.8 Å². The van der Waals surface area contributed by atoms with Gasteiger partial charge in [-0.3, -0.25) is 4.79 Å². The van der Waals surface area contributed by atoms with Crippen LogP contribution in [-0.4, -0.2) is 24.5 Å². The Bertz CT molecular complexity index is 497. The number of carbonyl (C=O) groups is 2. The largest absolute Gasteiger partial charge is 0.334 e. The number of benzene rings is 1. The van der Waals surface area contributed by atoms with Crippen LogP contribution in [0, 0.1) is 5.92 Å². The summed E-state index contributed by atoms with van der Waals surface area (Å²) in [6.07, 6.45) is 1.59. The number of nitrogens with one attached hydrogen (secondary N) is 3. The first kappa shape index (κ1) is 16.7. The van der Waals surface area contributed by atoms with E-state index < -0.39 is 6.04 Å². The molecule has 0 heterocycles. The standard InChI is InChI=1S/C15H22N4O2/c1-4-9-17-15(21)19-12-7-5-11(6-8-12)18-14(20)13(16)10(2)3/h4-8,10,13H,1,9,16H2,2-3H3,(H,18,20)(H2,17,19,21)/t13-/m0/s1. The van der Waals surface area contributed by atoms with Gasteiger partial charge in [0.15, 0.2) is 0 Å². The average molecular weight is 290 g/mol. The number of urea groups is 1. The maximum Gasteiger partial charge on any atom is 0.319 e. The van der Waals surface area contributed by atoms with Crippen molar-refractivity contribution in [3.63, 3.8) is 0 Å². The maximum absolute atomic E-state index is 11.8. The van der Waals surface area contributed by atoms with E-state index in [4.69, 9.17) is 5.73 Å². The highest BCUT2D eigenvalue weighted by atomic mass is 16.2. The summed E-state index contributed by atoms with van der Waals surface area (Å²) in [5, 5.41) is 8.00. The van der Waals surface area contributed by atoms with Gasteiger partial charge in [0.2, 0.25) is 5.91 Å². The lowest BCUT2D eigenvalue weighted by Gasteiger charge is -2.15. The van der Waals surface area contributed by atoms with Crippen molar-refractivity contribution in [2.45, 2.75) is 19.9 Å². The highest BCUT2D eigenvalue weighted by Crippen LogP contribution is 2.14. The van der Waals surface area contributed by atoms with Crippen molar-refractivity contribution < 1.29 is 9.59 Å². The second-order valence-electron chi connectivity index (χ2n) is 4.96. The summed E-state index contributed by atoms with van der Waals surface area (Å²) in [7, 11) is 0. The van der Waals surface area contributed by atoms with E-state index in [9.17, 15) is 9.59 Å². The molecule has 1 aromatic rings. The molecule has 0 aliphatic carbocycles. The molecule has 114 valence electrons. The molecule has 0 fully saturated rings. The van der Waals surface area contributed by atoms with Crippen LogP contribution in [0.4, 0.5) is 16.2 Å². The van der Waals surface area contributed by atoms with Gasteiger partial charge in [0.05, 0.1) is 6.04 Å². The summed E-state index contributed by atoms with van der Waals surface area (Å²) >= 11 is 0. The summed E-state index contributed by atoms with van der Waals surface area (Å²) in [5.74, 6) is -0.158. The Labute approximate surface area is 124 Å². The molecule has 1 aromatic carbocycles. The third kappa shape index (κ3) is 5.66. The van der Waals surface area contributed by atoms with Crippen molar-refractivity contribution in [1.29, 1.82) is 0 Å². The molecule has 0 radical (unpaired) electrons. The number of nitrogens with two attached hydrogens (primary N) is 1. The van der Waals surface area contributed by atoms with Gasteiger partial charge in [-0.1, -0.05) is 19.9 Å². The quantitative estimate of drug-likeness (QED) is 0.603. The molecule has 1 rings (SSSR count). The molecular weight excluding hydrogens is 268 g/mol. The van der Waals surface area contributed by atoms with Gasteiger partial charge < -0.3 is 21.7 Å². The highest BCUT2D eigenvalue weighted by Gasteiger charge is 2.16. The molecule has 0 saturated heterocycles. The van der Waals surface area contributed by atoms with Crippen LogP contribution in [0.15, 0.2) is 36.9 Å². The number of amides is 3. The highest BCUT2D eigenvalue weighted by molar-refractivity contribution is 5.95. The molecule has 5 N–H and O–H groups in total. The lowest BCUT2D eigenvalue weighted by atomic mass is 10.0. The third-order valence-electron chi connectivity index (χ3n) is 2.84. The van der Waals surface area contributed by atoms with E-state index in [0.717, 1.165) is 0 Å². The first-order valence-electron chi connectivity index (χ1n) is 6.76. The normalized spacial score (nSPS) is 11.6. The van der Waals surface area contributed by atoms with Crippen LogP contribution in [0.3, 0.4) is 0 Å². The fraction of sp³-hybridized carbons (Fsp3) is 0.333. The first-order chi connectivity index (χ1) is 9.93. The van der Waals surface area contributed by atoms with Gasteiger partial charge >= 0.3 is 6.03 Å². The Morgan fingerprint density at radius 3 is 2.19 bits per heavy atom. The molecule has 1 atom stereocenters. The zero-order chi connectivity index (χ0) is 15.8. The number of anilines is 2. The van der Waals surface area contributed by atoms with Crippen LogP contribution < -0.4 is 21.7 Å². The van der Waals surface area contributed by atoms with E-state index in [-0.39, 0.29) is 17.9 Å². The molecule has 6 heteroatoms. The van der Waals surface area contributed by atoms with E-state index in [0.29, 0.717) is 17.9 Å². The minimum absolute atomic E-state index is 0.0690. The Hall–Kier alpha value is -2.34. The molecule has 0 aliphatic heterocycles. The van der Waals surface area contributed by atoms with E-state index in [1.807, 2.05) is 13.8 Å². The summed E-state index contributed by atoms with van der Waals surface area (Å²) in [4.78, 5) is 23.3. The molecule has 0 aromatic heterocycles. The second-order valence-corrected chi connectivity index (χ2v) is 4.96. The molecule has 0 spiro atoms. The number of hydrogen-bond donors (Lipinski definition) is 4. The van der Waals surface area contributed by atoms with Gasteiger partial charge in [-0.2, -0.15) is 0 Å². The fourth-order valence-corrected chi connectivity index (χ4v) is 1.51. The van der Waals surface area contributed by atoms with Crippen molar-refractivity contribution in [3.05, 3.63) is 36.9 Å². The zero-order valence-corrected chi connectivity index (χ0v) is 12.3. The van der Waals surface area contributed by atoms with E-state index >= 15 is 0 Å². The predicted molar refractivity (Wildman–Crippen MR) is 85.1 cm³/mol. The minimum atomic E-state index is -0.549.